The Hall–Kier alpha value is -2.76. The van der Waals surface area contributed by atoms with E-state index in [0.717, 1.165) is 11.5 Å². The molecule has 21 heavy (non-hydrogen) atoms. The summed E-state index contributed by atoms with van der Waals surface area (Å²) < 4.78 is 5.53. The van der Waals surface area contributed by atoms with Gasteiger partial charge in [-0.2, -0.15) is 0 Å². The fraction of sp³-hybridized carbons (Fsp3) is 0.200. The largest absolute Gasteiger partial charge is 0.464 e. The maximum atomic E-state index is 12.1. The zero-order chi connectivity index (χ0) is 15.0. The monoisotopic (exact) mass is 284 g/mol. The van der Waals surface area contributed by atoms with Crippen molar-refractivity contribution in [1.29, 1.82) is 0 Å². The van der Waals surface area contributed by atoms with E-state index < -0.39 is 0 Å². The predicted octanol–water partition coefficient (Wildman–Crippen LogP) is 2.04. The topological polar surface area (TPSA) is 88.2 Å². The van der Waals surface area contributed by atoms with Crippen LogP contribution in [0.5, 0.6) is 0 Å². The molecule has 2 aromatic heterocycles. The first-order chi connectivity index (χ1) is 10.0. The maximum Gasteiger partial charge on any atom is 0.260 e. The molecule has 3 aromatic rings. The van der Waals surface area contributed by atoms with Gasteiger partial charge in [0.1, 0.15) is 11.5 Å². The molecule has 0 radical (unpaired) electrons. The molecule has 6 heteroatoms. The van der Waals surface area contributed by atoms with E-state index in [-0.39, 0.29) is 5.56 Å². The fourth-order valence-corrected chi connectivity index (χ4v) is 2.20. The number of benzene rings is 1. The van der Waals surface area contributed by atoms with Crippen molar-refractivity contribution in [2.45, 2.75) is 13.5 Å². The number of aromatic amines is 1. The Bertz CT molecular complexity index is 850. The lowest BCUT2D eigenvalue weighted by Crippen LogP contribution is -2.22. The first kappa shape index (κ1) is 13.2. The van der Waals surface area contributed by atoms with Gasteiger partial charge in [0.25, 0.3) is 5.56 Å². The van der Waals surface area contributed by atoms with Crippen LogP contribution in [0.1, 0.15) is 11.5 Å². The molecule has 0 fully saturated rings. The predicted molar refractivity (Wildman–Crippen MR) is 82.3 cm³/mol. The highest BCUT2D eigenvalue weighted by Crippen LogP contribution is 2.16. The quantitative estimate of drug-likeness (QED) is 0.719. The van der Waals surface area contributed by atoms with Crippen LogP contribution in [-0.2, 0) is 6.54 Å². The number of hydrogen-bond donors (Lipinski definition) is 2. The average molecular weight is 284 g/mol. The lowest BCUT2D eigenvalue weighted by Gasteiger charge is -2.16. The Balaban J connectivity index is 1.96. The van der Waals surface area contributed by atoms with Gasteiger partial charge in [-0.15, -0.1) is 0 Å². The minimum atomic E-state index is -0.204. The molecule has 6 nitrogen and oxygen atoms in total. The van der Waals surface area contributed by atoms with Crippen molar-refractivity contribution in [3.8, 4) is 0 Å². The van der Waals surface area contributed by atoms with Crippen LogP contribution < -0.4 is 16.2 Å². The van der Waals surface area contributed by atoms with Gasteiger partial charge < -0.3 is 15.1 Å². The first-order valence-electron chi connectivity index (χ1n) is 6.59. The Labute approximate surface area is 121 Å². The molecular weight excluding hydrogens is 268 g/mol. The van der Waals surface area contributed by atoms with E-state index in [4.69, 9.17) is 10.2 Å². The van der Waals surface area contributed by atoms with Crippen molar-refractivity contribution in [3.63, 3.8) is 0 Å². The minimum Gasteiger partial charge on any atom is -0.464 e. The Morgan fingerprint density at radius 1 is 1.33 bits per heavy atom. The Morgan fingerprint density at radius 3 is 2.86 bits per heavy atom. The zero-order valence-electron chi connectivity index (χ0n) is 11.9. The van der Waals surface area contributed by atoms with Crippen LogP contribution in [0, 0.1) is 6.92 Å². The molecule has 0 saturated carbocycles. The smallest absolute Gasteiger partial charge is 0.260 e. The van der Waals surface area contributed by atoms with E-state index >= 15 is 0 Å². The van der Waals surface area contributed by atoms with Gasteiger partial charge in [0.2, 0.25) is 5.95 Å². The number of nitrogens with one attached hydrogen (secondary N) is 1. The van der Waals surface area contributed by atoms with Crippen LogP contribution in [0.15, 0.2) is 39.5 Å². The van der Waals surface area contributed by atoms with Crippen molar-refractivity contribution >= 4 is 22.5 Å². The van der Waals surface area contributed by atoms with Crippen molar-refractivity contribution in [2.24, 2.45) is 0 Å². The van der Waals surface area contributed by atoms with Gasteiger partial charge in [-0.25, -0.2) is 4.98 Å². The lowest BCUT2D eigenvalue weighted by molar-refractivity contribution is 0.480. The number of aromatic nitrogens is 2. The molecule has 1 aromatic carbocycles. The minimum absolute atomic E-state index is 0.204. The second kappa shape index (κ2) is 4.97. The molecule has 0 amide bonds. The van der Waals surface area contributed by atoms with Crippen LogP contribution >= 0.6 is 0 Å². The van der Waals surface area contributed by atoms with E-state index in [1.54, 1.807) is 18.2 Å². The second-order valence-electron chi connectivity index (χ2n) is 5.03. The average Bonchev–Trinajstić information content (AvgIpc) is 2.84. The third-order valence-corrected chi connectivity index (χ3v) is 3.27. The lowest BCUT2D eigenvalue weighted by atomic mass is 10.2. The highest BCUT2D eigenvalue weighted by Gasteiger charge is 2.10. The summed E-state index contributed by atoms with van der Waals surface area (Å²) in [5.41, 5.74) is 6.65. The summed E-state index contributed by atoms with van der Waals surface area (Å²) in [5, 5.41) is 0.487. The first-order valence-corrected chi connectivity index (χ1v) is 6.59. The summed E-state index contributed by atoms with van der Waals surface area (Å²) >= 11 is 0. The number of rotatable bonds is 3. The molecule has 2 heterocycles. The van der Waals surface area contributed by atoms with E-state index in [2.05, 4.69) is 9.97 Å². The van der Waals surface area contributed by atoms with Crippen LogP contribution in [0.3, 0.4) is 0 Å². The third-order valence-electron chi connectivity index (χ3n) is 3.27. The molecule has 0 spiro atoms. The van der Waals surface area contributed by atoms with Gasteiger partial charge >= 0.3 is 0 Å². The van der Waals surface area contributed by atoms with Crippen LogP contribution in [-0.4, -0.2) is 17.0 Å². The number of nitrogens with zero attached hydrogens (tertiary/aromatic N) is 2. The summed E-state index contributed by atoms with van der Waals surface area (Å²) in [6.07, 6.45) is 0. The normalized spacial score (nSPS) is 11.0. The summed E-state index contributed by atoms with van der Waals surface area (Å²) in [5.74, 6) is 2.16. The fourth-order valence-electron chi connectivity index (χ4n) is 2.20. The van der Waals surface area contributed by atoms with E-state index in [9.17, 15) is 4.79 Å². The number of nitrogen functional groups attached to an aromatic ring is 1. The highest BCUT2D eigenvalue weighted by molar-refractivity contribution is 5.81. The van der Waals surface area contributed by atoms with Gasteiger partial charge in [0.05, 0.1) is 17.4 Å². The SMILES string of the molecule is Cc1ccc(CN(C)c2nc3ccc(N)cc3c(=O)[nH]2)o1. The number of anilines is 2. The molecule has 3 N–H and O–H groups in total. The third kappa shape index (κ3) is 2.60. The van der Waals surface area contributed by atoms with Crippen LogP contribution in [0.4, 0.5) is 11.6 Å². The second-order valence-corrected chi connectivity index (χ2v) is 5.03. The Kier molecular flexibility index (Phi) is 3.13. The van der Waals surface area contributed by atoms with Crippen LogP contribution in [0.25, 0.3) is 10.9 Å². The van der Waals surface area contributed by atoms with Crippen molar-refractivity contribution in [1.82, 2.24) is 9.97 Å². The van der Waals surface area contributed by atoms with E-state index in [0.29, 0.717) is 29.1 Å². The molecule has 0 saturated heterocycles. The maximum absolute atomic E-state index is 12.1. The molecule has 0 aliphatic rings. The number of fused-ring (bicyclic) bond motifs is 1. The van der Waals surface area contributed by atoms with Crippen molar-refractivity contribution in [3.05, 3.63) is 52.2 Å². The van der Waals surface area contributed by atoms with E-state index in [1.165, 1.54) is 0 Å². The molecule has 108 valence electrons. The summed E-state index contributed by atoms with van der Waals surface area (Å²) in [7, 11) is 1.85. The standard InChI is InChI=1S/C15H16N4O2/c1-9-3-5-11(21-9)8-19(2)15-17-13-6-4-10(16)7-12(13)14(20)18-15/h3-7H,8,16H2,1-2H3,(H,17,18,20). The van der Waals surface area contributed by atoms with Gasteiger partial charge in [0, 0.05) is 12.7 Å². The van der Waals surface area contributed by atoms with Gasteiger partial charge in [-0.05, 0) is 37.3 Å². The number of furan rings is 1. The molecule has 3 rings (SSSR count). The van der Waals surface area contributed by atoms with Gasteiger partial charge in [0.15, 0.2) is 0 Å². The number of H-pyrrole nitrogens is 1. The summed E-state index contributed by atoms with van der Waals surface area (Å²) in [6, 6.07) is 8.91. The number of hydrogen-bond acceptors (Lipinski definition) is 5. The summed E-state index contributed by atoms with van der Waals surface area (Å²) in [6.45, 7) is 2.42. The molecule has 0 aliphatic carbocycles. The molecule has 0 aliphatic heterocycles. The van der Waals surface area contributed by atoms with Gasteiger partial charge in [-0.1, -0.05) is 0 Å². The molecule has 0 bridgehead atoms. The molecule has 0 unspecified atom stereocenters. The number of nitrogens with two attached hydrogens (primary N) is 1. The van der Waals surface area contributed by atoms with Gasteiger partial charge in [-0.3, -0.25) is 9.78 Å². The Morgan fingerprint density at radius 2 is 2.14 bits per heavy atom. The number of aryl methyl sites for hydroxylation is 1. The van der Waals surface area contributed by atoms with Crippen LogP contribution in [0.2, 0.25) is 0 Å². The van der Waals surface area contributed by atoms with Crippen molar-refractivity contribution in [2.75, 3.05) is 17.7 Å². The molecule has 0 atom stereocenters. The summed E-state index contributed by atoms with van der Waals surface area (Å²) in [4.78, 5) is 21.2. The molecular formula is C15H16N4O2. The van der Waals surface area contributed by atoms with Crippen molar-refractivity contribution < 1.29 is 4.42 Å². The van der Waals surface area contributed by atoms with E-state index in [1.807, 2.05) is 31.0 Å². The zero-order valence-corrected chi connectivity index (χ0v) is 11.9. The highest BCUT2D eigenvalue weighted by atomic mass is 16.3.